The molecule has 1 amide bonds. The number of carboxylic acid groups (broad SMARTS) is 1. The van der Waals surface area contributed by atoms with Crippen molar-refractivity contribution in [1.29, 1.82) is 0 Å². The van der Waals surface area contributed by atoms with Crippen molar-refractivity contribution in [3.63, 3.8) is 0 Å². The van der Waals surface area contributed by atoms with Crippen molar-refractivity contribution in [2.45, 2.75) is 39.5 Å². The van der Waals surface area contributed by atoms with Crippen LogP contribution in [-0.4, -0.2) is 23.5 Å². The van der Waals surface area contributed by atoms with E-state index in [1.54, 1.807) is 12.1 Å². The molecule has 0 saturated carbocycles. The molecule has 0 fully saturated rings. The van der Waals surface area contributed by atoms with Crippen LogP contribution in [0, 0.1) is 12.8 Å². The number of carboxylic acids is 1. The summed E-state index contributed by atoms with van der Waals surface area (Å²) in [5, 5.41) is 12.0. The maximum absolute atomic E-state index is 12.0. The number of hydrogen-bond donors (Lipinski definition) is 2. The van der Waals surface area contributed by atoms with Crippen molar-refractivity contribution in [2.24, 2.45) is 5.92 Å². The Kier molecular flexibility index (Phi) is 7.23. The van der Waals surface area contributed by atoms with Gasteiger partial charge in [-0.1, -0.05) is 31.0 Å². The Balaban J connectivity index is 2.43. The van der Waals surface area contributed by atoms with Crippen molar-refractivity contribution in [3.05, 3.63) is 34.3 Å². The minimum absolute atomic E-state index is 0.177. The van der Waals surface area contributed by atoms with Gasteiger partial charge in [0.2, 0.25) is 0 Å². The molecule has 1 rings (SSSR count). The number of halogens is 1. The second kappa shape index (κ2) is 8.67. The largest absolute Gasteiger partial charge is 0.481 e. The molecule has 0 spiro atoms. The van der Waals surface area contributed by atoms with Crippen LogP contribution in [0.25, 0.3) is 0 Å². The lowest BCUT2D eigenvalue weighted by Gasteiger charge is -2.14. The van der Waals surface area contributed by atoms with Crippen LogP contribution >= 0.6 is 11.6 Å². The third-order valence-corrected chi connectivity index (χ3v) is 3.86. The molecule has 0 heterocycles. The zero-order valence-electron chi connectivity index (χ0n) is 12.5. The van der Waals surface area contributed by atoms with Gasteiger partial charge in [0.05, 0.1) is 10.6 Å². The van der Waals surface area contributed by atoms with Gasteiger partial charge < -0.3 is 10.4 Å². The normalized spacial score (nSPS) is 12.0. The van der Waals surface area contributed by atoms with Crippen molar-refractivity contribution < 1.29 is 14.7 Å². The van der Waals surface area contributed by atoms with Crippen molar-refractivity contribution in [2.75, 3.05) is 6.54 Å². The predicted molar refractivity (Wildman–Crippen MR) is 83.8 cm³/mol. The highest BCUT2D eigenvalue weighted by atomic mass is 35.5. The van der Waals surface area contributed by atoms with E-state index in [0.717, 1.165) is 18.4 Å². The van der Waals surface area contributed by atoms with Crippen LogP contribution < -0.4 is 5.32 Å². The molecule has 1 atom stereocenters. The Morgan fingerprint density at radius 3 is 2.62 bits per heavy atom. The number of carbonyl (C=O) groups excluding carboxylic acids is 1. The fourth-order valence-corrected chi connectivity index (χ4v) is 2.49. The summed E-state index contributed by atoms with van der Waals surface area (Å²) in [6, 6.07) is 5.33. The molecule has 0 saturated heterocycles. The molecule has 0 radical (unpaired) electrons. The van der Waals surface area contributed by atoms with Gasteiger partial charge in [-0.05, 0) is 43.4 Å². The highest BCUT2D eigenvalue weighted by molar-refractivity contribution is 6.33. The molecule has 0 aliphatic heterocycles. The number of hydrogen-bond acceptors (Lipinski definition) is 2. The molecule has 5 heteroatoms. The Morgan fingerprint density at radius 2 is 2.05 bits per heavy atom. The van der Waals surface area contributed by atoms with E-state index in [1.807, 2.05) is 19.9 Å². The van der Waals surface area contributed by atoms with E-state index in [0.29, 0.717) is 29.5 Å². The fourth-order valence-electron chi connectivity index (χ4n) is 2.17. The molecule has 0 aromatic heterocycles. The lowest BCUT2D eigenvalue weighted by molar-refractivity contribution is -0.137. The second-order valence-electron chi connectivity index (χ2n) is 5.23. The summed E-state index contributed by atoms with van der Waals surface area (Å²) in [5.74, 6) is -0.646. The van der Waals surface area contributed by atoms with Crippen LogP contribution in [0.4, 0.5) is 0 Å². The predicted octanol–water partition coefficient (Wildman–Crippen LogP) is 3.66. The molecule has 0 aliphatic rings. The minimum Gasteiger partial charge on any atom is -0.481 e. The van der Waals surface area contributed by atoms with E-state index in [9.17, 15) is 9.59 Å². The van der Waals surface area contributed by atoms with Crippen LogP contribution in [0.2, 0.25) is 5.02 Å². The number of benzene rings is 1. The number of nitrogens with one attached hydrogen (secondary N) is 1. The average molecular weight is 312 g/mol. The zero-order valence-corrected chi connectivity index (χ0v) is 13.2. The number of carbonyl (C=O) groups is 2. The van der Waals surface area contributed by atoms with Gasteiger partial charge in [-0.3, -0.25) is 9.59 Å². The van der Waals surface area contributed by atoms with E-state index < -0.39 is 5.97 Å². The first-order valence-electron chi connectivity index (χ1n) is 7.20. The molecule has 2 N–H and O–H groups in total. The van der Waals surface area contributed by atoms with Crippen LogP contribution in [0.15, 0.2) is 18.2 Å². The maximum Gasteiger partial charge on any atom is 0.303 e. The lowest BCUT2D eigenvalue weighted by Crippen LogP contribution is -2.26. The van der Waals surface area contributed by atoms with Gasteiger partial charge in [-0.25, -0.2) is 0 Å². The maximum atomic E-state index is 12.0. The highest BCUT2D eigenvalue weighted by Crippen LogP contribution is 2.18. The quantitative estimate of drug-likeness (QED) is 0.770. The van der Waals surface area contributed by atoms with E-state index in [-0.39, 0.29) is 12.3 Å². The van der Waals surface area contributed by atoms with E-state index in [4.69, 9.17) is 16.7 Å². The topological polar surface area (TPSA) is 66.4 Å². The molecule has 1 unspecified atom stereocenters. The first-order valence-corrected chi connectivity index (χ1v) is 7.58. The Morgan fingerprint density at radius 1 is 1.33 bits per heavy atom. The van der Waals surface area contributed by atoms with Gasteiger partial charge in [-0.2, -0.15) is 0 Å². The van der Waals surface area contributed by atoms with Gasteiger partial charge in [0.15, 0.2) is 0 Å². The van der Waals surface area contributed by atoms with Crippen LogP contribution in [0.1, 0.15) is 48.5 Å². The van der Waals surface area contributed by atoms with Crippen LogP contribution in [0.5, 0.6) is 0 Å². The Labute approximate surface area is 130 Å². The van der Waals surface area contributed by atoms with Gasteiger partial charge in [0.1, 0.15) is 0 Å². The summed E-state index contributed by atoms with van der Waals surface area (Å²) in [6.07, 6.45) is 2.51. The zero-order chi connectivity index (χ0) is 15.8. The summed E-state index contributed by atoms with van der Waals surface area (Å²) in [4.78, 5) is 22.6. The average Bonchev–Trinajstić information content (AvgIpc) is 2.42. The summed E-state index contributed by atoms with van der Waals surface area (Å²) in [6.45, 7) is 4.48. The van der Waals surface area contributed by atoms with Crippen LogP contribution in [-0.2, 0) is 4.79 Å². The highest BCUT2D eigenvalue weighted by Gasteiger charge is 2.12. The van der Waals surface area contributed by atoms with E-state index in [2.05, 4.69) is 5.32 Å². The molecule has 0 bridgehead atoms. The van der Waals surface area contributed by atoms with E-state index in [1.165, 1.54) is 0 Å². The number of amides is 1. The standard InChI is InChI=1S/C16H22ClNO3/c1-3-12(5-7-15(19)20)8-9-18-16(21)13-6-4-11(2)10-14(13)17/h4,6,10,12H,3,5,7-9H2,1-2H3,(H,18,21)(H,19,20). The number of rotatable bonds is 8. The molecule has 21 heavy (non-hydrogen) atoms. The first-order chi connectivity index (χ1) is 9.93. The van der Waals surface area contributed by atoms with Crippen molar-refractivity contribution >= 4 is 23.5 Å². The first kappa shape index (κ1) is 17.5. The van der Waals surface area contributed by atoms with Crippen LogP contribution in [0.3, 0.4) is 0 Å². The third kappa shape index (κ3) is 6.17. The van der Waals surface area contributed by atoms with Gasteiger partial charge in [0.25, 0.3) is 5.91 Å². The number of aliphatic carboxylic acids is 1. The second-order valence-corrected chi connectivity index (χ2v) is 5.64. The summed E-state index contributed by atoms with van der Waals surface area (Å²) < 4.78 is 0. The molecule has 0 aliphatic carbocycles. The van der Waals surface area contributed by atoms with Gasteiger partial charge in [0, 0.05) is 13.0 Å². The minimum atomic E-state index is -0.774. The summed E-state index contributed by atoms with van der Waals surface area (Å²) >= 11 is 6.05. The molecule has 116 valence electrons. The van der Waals surface area contributed by atoms with Crippen molar-refractivity contribution in [3.8, 4) is 0 Å². The monoisotopic (exact) mass is 311 g/mol. The number of aryl methyl sites for hydroxylation is 1. The fraction of sp³-hybridized carbons (Fsp3) is 0.500. The smallest absolute Gasteiger partial charge is 0.303 e. The van der Waals surface area contributed by atoms with Gasteiger partial charge in [-0.15, -0.1) is 0 Å². The lowest BCUT2D eigenvalue weighted by atomic mass is 9.96. The molecule has 4 nitrogen and oxygen atoms in total. The summed E-state index contributed by atoms with van der Waals surface area (Å²) in [5.41, 5.74) is 1.48. The van der Waals surface area contributed by atoms with Crippen molar-refractivity contribution in [1.82, 2.24) is 5.32 Å². The molecule has 1 aromatic rings. The molecule has 1 aromatic carbocycles. The third-order valence-electron chi connectivity index (χ3n) is 3.55. The molecular weight excluding hydrogens is 290 g/mol. The summed E-state index contributed by atoms with van der Waals surface area (Å²) in [7, 11) is 0. The Bertz CT molecular complexity index is 502. The van der Waals surface area contributed by atoms with Gasteiger partial charge >= 0.3 is 5.97 Å². The Hall–Kier alpha value is -1.55. The van der Waals surface area contributed by atoms with E-state index >= 15 is 0 Å². The molecular formula is C16H22ClNO3. The SMILES string of the molecule is CCC(CCNC(=O)c1ccc(C)cc1Cl)CCC(=O)O.